The van der Waals surface area contributed by atoms with Crippen molar-refractivity contribution in [1.82, 2.24) is 10.3 Å². The molecule has 0 bridgehead atoms. The van der Waals surface area contributed by atoms with Crippen molar-refractivity contribution in [3.05, 3.63) is 18.2 Å². The predicted molar refractivity (Wildman–Crippen MR) is 71.8 cm³/mol. The highest BCUT2D eigenvalue weighted by Gasteiger charge is 2.05. The average molecular weight is 251 g/mol. The molecular weight excluding hydrogens is 230 g/mol. The number of hydrogen-bond acceptors (Lipinski definition) is 4. The number of rotatable bonds is 7. The Labute approximate surface area is 108 Å². The maximum Gasteiger partial charge on any atom is 0.221 e. The van der Waals surface area contributed by atoms with Crippen LogP contribution in [-0.4, -0.2) is 30.6 Å². The van der Waals surface area contributed by atoms with E-state index in [2.05, 4.69) is 15.6 Å². The van der Waals surface area contributed by atoms with Crippen LogP contribution in [0.2, 0.25) is 0 Å². The molecule has 1 rings (SSSR count). The highest BCUT2D eigenvalue weighted by molar-refractivity contribution is 5.76. The lowest BCUT2D eigenvalue weighted by Gasteiger charge is -2.11. The number of anilines is 1. The normalized spacial score (nSPS) is 11.7. The second kappa shape index (κ2) is 7.53. The van der Waals surface area contributed by atoms with Crippen LogP contribution in [0.5, 0.6) is 5.88 Å². The van der Waals surface area contributed by atoms with Crippen molar-refractivity contribution in [3.63, 3.8) is 0 Å². The van der Waals surface area contributed by atoms with Gasteiger partial charge in [0.2, 0.25) is 11.8 Å². The van der Waals surface area contributed by atoms with Gasteiger partial charge in [0.05, 0.1) is 7.11 Å². The average Bonchev–Trinajstić information content (AvgIpc) is 2.38. The summed E-state index contributed by atoms with van der Waals surface area (Å²) < 4.78 is 5.02. The number of amides is 1. The van der Waals surface area contributed by atoms with Crippen LogP contribution in [0.1, 0.15) is 26.7 Å². The standard InChI is InChI=1S/C13H21N3O2/c1-4-10(2)15-12(17)8-9-14-11-6-5-7-13(16-11)18-3/h5-7,10H,4,8-9H2,1-3H3,(H,14,16)(H,15,17). The van der Waals surface area contributed by atoms with Crippen LogP contribution in [-0.2, 0) is 4.79 Å². The fourth-order valence-corrected chi connectivity index (χ4v) is 1.38. The Kier molecular flexibility index (Phi) is 5.97. The summed E-state index contributed by atoms with van der Waals surface area (Å²) in [7, 11) is 1.58. The van der Waals surface area contributed by atoms with E-state index >= 15 is 0 Å². The van der Waals surface area contributed by atoms with Gasteiger partial charge in [0, 0.05) is 25.1 Å². The van der Waals surface area contributed by atoms with E-state index in [4.69, 9.17) is 4.74 Å². The van der Waals surface area contributed by atoms with E-state index in [9.17, 15) is 4.79 Å². The highest BCUT2D eigenvalue weighted by atomic mass is 16.5. The van der Waals surface area contributed by atoms with Gasteiger partial charge in [-0.1, -0.05) is 13.0 Å². The van der Waals surface area contributed by atoms with Crippen LogP contribution in [0.25, 0.3) is 0 Å². The van der Waals surface area contributed by atoms with E-state index in [-0.39, 0.29) is 11.9 Å². The summed E-state index contributed by atoms with van der Waals surface area (Å²) in [6, 6.07) is 5.70. The molecule has 0 fully saturated rings. The van der Waals surface area contributed by atoms with E-state index in [1.54, 1.807) is 13.2 Å². The van der Waals surface area contributed by atoms with E-state index in [0.717, 1.165) is 6.42 Å². The Balaban J connectivity index is 2.30. The molecule has 5 nitrogen and oxygen atoms in total. The van der Waals surface area contributed by atoms with Crippen molar-refractivity contribution in [1.29, 1.82) is 0 Å². The lowest BCUT2D eigenvalue weighted by molar-refractivity contribution is -0.121. The molecular formula is C13H21N3O2. The Bertz CT molecular complexity index is 382. The van der Waals surface area contributed by atoms with Gasteiger partial charge in [0.25, 0.3) is 0 Å². The van der Waals surface area contributed by atoms with Crippen molar-refractivity contribution in [2.24, 2.45) is 0 Å². The summed E-state index contributed by atoms with van der Waals surface area (Å²) >= 11 is 0. The van der Waals surface area contributed by atoms with Gasteiger partial charge in [-0.2, -0.15) is 4.98 Å². The first-order valence-electron chi connectivity index (χ1n) is 6.20. The second-order valence-electron chi connectivity index (χ2n) is 4.12. The number of nitrogens with one attached hydrogen (secondary N) is 2. The topological polar surface area (TPSA) is 63.2 Å². The predicted octanol–water partition coefficient (Wildman–Crippen LogP) is 1.81. The lowest BCUT2D eigenvalue weighted by atomic mass is 10.2. The van der Waals surface area contributed by atoms with Crippen molar-refractivity contribution in [2.45, 2.75) is 32.7 Å². The van der Waals surface area contributed by atoms with Crippen LogP contribution in [0.4, 0.5) is 5.82 Å². The molecule has 1 atom stereocenters. The molecule has 0 radical (unpaired) electrons. The minimum atomic E-state index is 0.0553. The molecule has 1 aromatic heterocycles. The molecule has 0 saturated heterocycles. The van der Waals surface area contributed by atoms with Crippen LogP contribution in [0, 0.1) is 0 Å². The maximum absolute atomic E-state index is 11.5. The zero-order valence-electron chi connectivity index (χ0n) is 11.2. The molecule has 1 aromatic rings. The second-order valence-corrected chi connectivity index (χ2v) is 4.12. The first-order valence-corrected chi connectivity index (χ1v) is 6.20. The summed E-state index contributed by atoms with van der Waals surface area (Å²) in [4.78, 5) is 15.7. The van der Waals surface area contributed by atoms with Gasteiger partial charge in [-0.25, -0.2) is 0 Å². The van der Waals surface area contributed by atoms with Gasteiger partial charge in [0.15, 0.2) is 0 Å². The quantitative estimate of drug-likeness (QED) is 0.775. The molecule has 0 spiro atoms. The molecule has 0 aliphatic carbocycles. The van der Waals surface area contributed by atoms with Crippen LogP contribution in [0.15, 0.2) is 18.2 Å². The summed E-state index contributed by atoms with van der Waals surface area (Å²) in [5.74, 6) is 1.33. The van der Waals surface area contributed by atoms with Gasteiger partial charge < -0.3 is 15.4 Å². The minimum Gasteiger partial charge on any atom is -0.481 e. The van der Waals surface area contributed by atoms with Gasteiger partial charge in [-0.3, -0.25) is 4.79 Å². The molecule has 2 N–H and O–H groups in total. The summed E-state index contributed by atoms with van der Waals surface area (Å²) in [6.45, 7) is 4.60. The fourth-order valence-electron chi connectivity index (χ4n) is 1.38. The molecule has 1 heterocycles. The van der Waals surface area contributed by atoms with Crippen LogP contribution < -0.4 is 15.4 Å². The van der Waals surface area contributed by atoms with Crippen molar-refractivity contribution < 1.29 is 9.53 Å². The molecule has 1 amide bonds. The molecule has 0 saturated carbocycles. The number of nitrogens with zero attached hydrogens (tertiary/aromatic N) is 1. The zero-order chi connectivity index (χ0) is 13.4. The lowest BCUT2D eigenvalue weighted by Crippen LogP contribution is -2.32. The molecule has 1 unspecified atom stereocenters. The molecule has 100 valence electrons. The van der Waals surface area contributed by atoms with E-state index in [0.29, 0.717) is 24.7 Å². The maximum atomic E-state index is 11.5. The molecule has 0 aliphatic heterocycles. The third-order valence-corrected chi connectivity index (χ3v) is 2.61. The largest absolute Gasteiger partial charge is 0.481 e. The first-order chi connectivity index (χ1) is 8.65. The minimum absolute atomic E-state index is 0.0553. The molecule has 0 aliphatic rings. The number of hydrogen-bond donors (Lipinski definition) is 2. The Morgan fingerprint density at radius 3 is 2.94 bits per heavy atom. The highest BCUT2D eigenvalue weighted by Crippen LogP contribution is 2.10. The zero-order valence-corrected chi connectivity index (χ0v) is 11.2. The Morgan fingerprint density at radius 2 is 2.28 bits per heavy atom. The number of aromatic nitrogens is 1. The van der Waals surface area contributed by atoms with E-state index in [1.165, 1.54) is 0 Å². The molecule has 0 aromatic carbocycles. The summed E-state index contributed by atoms with van der Waals surface area (Å²) in [6.07, 6.45) is 1.37. The van der Waals surface area contributed by atoms with Crippen molar-refractivity contribution in [3.8, 4) is 5.88 Å². The summed E-state index contributed by atoms with van der Waals surface area (Å²) in [5.41, 5.74) is 0. The summed E-state index contributed by atoms with van der Waals surface area (Å²) in [5, 5.41) is 6.00. The van der Waals surface area contributed by atoms with E-state index < -0.39 is 0 Å². The number of pyridine rings is 1. The van der Waals surface area contributed by atoms with Crippen molar-refractivity contribution >= 4 is 11.7 Å². The monoisotopic (exact) mass is 251 g/mol. The molecule has 18 heavy (non-hydrogen) atoms. The molecule has 5 heteroatoms. The smallest absolute Gasteiger partial charge is 0.221 e. The van der Waals surface area contributed by atoms with Crippen molar-refractivity contribution in [2.75, 3.05) is 19.0 Å². The Morgan fingerprint density at radius 1 is 1.50 bits per heavy atom. The number of carbonyl (C=O) groups is 1. The number of methoxy groups -OCH3 is 1. The van der Waals surface area contributed by atoms with Crippen LogP contribution >= 0.6 is 0 Å². The first kappa shape index (κ1) is 14.3. The third kappa shape index (κ3) is 5.03. The van der Waals surface area contributed by atoms with Gasteiger partial charge in [-0.15, -0.1) is 0 Å². The van der Waals surface area contributed by atoms with Gasteiger partial charge in [0.1, 0.15) is 5.82 Å². The SMILES string of the molecule is CCC(C)NC(=O)CCNc1cccc(OC)n1. The van der Waals surface area contributed by atoms with Gasteiger partial charge in [-0.05, 0) is 19.4 Å². The van der Waals surface area contributed by atoms with Gasteiger partial charge >= 0.3 is 0 Å². The number of ether oxygens (including phenoxy) is 1. The third-order valence-electron chi connectivity index (χ3n) is 2.61. The fraction of sp³-hybridized carbons (Fsp3) is 0.538. The van der Waals surface area contributed by atoms with E-state index in [1.807, 2.05) is 26.0 Å². The number of carbonyl (C=O) groups excluding carboxylic acids is 1. The Hall–Kier alpha value is -1.78. The van der Waals surface area contributed by atoms with Crippen LogP contribution in [0.3, 0.4) is 0 Å².